The molecule has 1 heterocycles. The number of hydrogen-bond acceptors (Lipinski definition) is 5. The Balaban J connectivity index is 1.29. The van der Waals surface area contributed by atoms with Gasteiger partial charge in [0.1, 0.15) is 0 Å². The normalized spacial score (nSPS) is 15.1. The Kier molecular flexibility index (Phi) is 8.40. The number of piperidine rings is 1. The van der Waals surface area contributed by atoms with E-state index < -0.39 is 5.97 Å². The van der Waals surface area contributed by atoms with Gasteiger partial charge in [0.05, 0.1) is 5.75 Å². The molecule has 1 aliphatic rings. The van der Waals surface area contributed by atoms with E-state index in [0.29, 0.717) is 5.02 Å². The van der Waals surface area contributed by atoms with Crippen molar-refractivity contribution in [3.05, 3.63) is 65.2 Å². The lowest BCUT2D eigenvalue weighted by Gasteiger charge is -2.32. The monoisotopic (exact) mass is 432 g/mol. The SMILES string of the molecule is O=C(COC(=O)CSc1ccc(Cl)cc1)NC1CCN(Cc2ccccc2)CC1. The van der Waals surface area contributed by atoms with Crippen molar-refractivity contribution in [3.63, 3.8) is 0 Å². The van der Waals surface area contributed by atoms with Crippen molar-refractivity contribution in [1.29, 1.82) is 0 Å². The van der Waals surface area contributed by atoms with Gasteiger partial charge in [-0.1, -0.05) is 41.9 Å². The van der Waals surface area contributed by atoms with Crippen LogP contribution in [0.4, 0.5) is 0 Å². The summed E-state index contributed by atoms with van der Waals surface area (Å²) in [5, 5.41) is 3.63. The highest BCUT2D eigenvalue weighted by Crippen LogP contribution is 2.20. The van der Waals surface area contributed by atoms with Gasteiger partial charge in [0.2, 0.25) is 0 Å². The number of carbonyl (C=O) groups excluding carboxylic acids is 2. The number of nitrogens with zero attached hydrogens (tertiary/aromatic N) is 1. The number of nitrogens with one attached hydrogen (secondary N) is 1. The second-order valence-electron chi connectivity index (χ2n) is 7.01. The molecule has 1 aliphatic heterocycles. The second kappa shape index (κ2) is 11.2. The average Bonchev–Trinajstić information content (AvgIpc) is 2.74. The number of carbonyl (C=O) groups is 2. The van der Waals surface area contributed by atoms with Gasteiger partial charge in [0, 0.05) is 35.6 Å². The van der Waals surface area contributed by atoms with E-state index in [9.17, 15) is 9.59 Å². The fourth-order valence-electron chi connectivity index (χ4n) is 3.21. The van der Waals surface area contributed by atoms with Crippen LogP contribution in [-0.4, -0.2) is 48.3 Å². The largest absolute Gasteiger partial charge is 0.455 e. The third-order valence-corrected chi connectivity index (χ3v) is 5.97. The summed E-state index contributed by atoms with van der Waals surface area (Å²) in [4.78, 5) is 27.2. The van der Waals surface area contributed by atoms with Crippen LogP contribution in [0.15, 0.2) is 59.5 Å². The summed E-state index contributed by atoms with van der Waals surface area (Å²) in [5.41, 5.74) is 1.30. The number of halogens is 1. The maximum atomic E-state index is 12.1. The molecule has 29 heavy (non-hydrogen) atoms. The molecule has 0 bridgehead atoms. The summed E-state index contributed by atoms with van der Waals surface area (Å²) < 4.78 is 5.08. The lowest BCUT2D eigenvalue weighted by molar-refractivity contribution is -0.146. The molecule has 1 saturated heterocycles. The fraction of sp³-hybridized carbons (Fsp3) is 0.364. The molecular formula is C22H25ClN2O3S. The molecule has 1 N–H and O–H groups in total. The summed E-state index contributed by atoms with van der Waals surface area (Å²) in [6.45, 7) is 2.59. The van der Waals surface area contributed by atoms with Crippen LogP contribution in [0.5, 0.6) is 0 Å². The number of likely N-dealkylation sites (tertiary alicyclic amines) is 1. The number of hydrogen-bond donors (Lipinski definition) is 1. The van der Waals surface area contributed by atoms with Gasteiger partial charge in [0.15, 0.2) is 6.61 Å². The van der Waals surface area contributed by atoms with Crippen LogP contribution in [0.2, 0.25) is 5.02 Å². The molecule has 3 rings (SSSR count). The van der Waals surface area contributed by atoms with Gasteiger partial charge in [-0.3, -0.25) is 14.5 Å². The smallest absolute Gasteiger partial charge is 0.316 e. The molecule has 5 nitrogen and oxygen atoms in total. The van der Waals surface area contributed by atoms with Crippen molar-refractivity contribution >= 4 is 35.2 Å². The third kappa shape index (κ3) is 7.72. The zero-order chi connectivity index (χ0) is 20.5. The number of esters is 1. The van der Waals surface area contributed by atoms with Crippen molar-refractivity contribution in [2.24, 2.45) is 0 Å². The maximum absolute atomic E-state index is 12.1. The molecule has 0 radical (unpaired) electrons. The Morgan fingerprint density at radius 3 is 2.45 bits per heavy atom. The summed E-state index contributed by atoms with van der Waals surface area (Å²) in [5.74, 6) is -0.485. The van der Waals surface area contributed by atoms with Gasteiger partial charge in [-0.15, -0.1) is 11.8 Å². The molecule has 0 spiro atoms. The molecule has 0 aliphatic carbocycles. The van der Waals surface area contributed by atoms with E-state index in [-0.39, 0.29) is 24.3 Å². The minimum atomic E-state index is -0.405. The number of amides is 1. The van der Waals surface area contributed by atoms with Crippen molar-refractivity contribution < 1.29 is 14.3 Å². The maximum Gasteiger partial charge on any atom is 0.316 e. The molecule has 0 aromatic heterocycles. The van der Waals surface area contributed by atoms with Crippen LogP contribution in [0.3, 0.4) is 0 Å². The Bertz CT molecular complexity index is 793. The number of rotatable bonds is 8. The highest BCUT2D eigenvalue weighted by Gasteiger charge is 2.21. The van der Waals surface area contributed by atoms with Gasteiger partial charge in [-0.25, -0.2) is 0 Å². The van der Waals surface area contributed by atoms with Gasteiger partial charge in [-0.05, 0) is 42.7 Å². The lowest BCUT2D eigenvalue weighted by Crippen LogP contribution is -2.45. The third-order valence-electron chi connectivity index (χ3n) is 4.74. The van der Waals surface area contributed by atoms with E-state index in [1.807, 2.05) is 18.2 Å². The standard InChI is InChI=1S/C22H25ClN2O3S/c23-18-6-8-20(9-7-18)29-16-22(27)28-15-21(26)24-19-10-12-25(13-11-19)14-17-4-2-1-3-5-17/h1-9,19H,10-16H2,(H,24,26). The van der Waals surface area contributed by atoms with Crippen molar-refractivity contribution in [3.8, 4) is 0 Å². The van der Waals surface area contributed by atoms with Crippen LogP contribution in [0.1, 0.15) is 18.4 Å². The first-order valence-corrected chi connectivity index (χ1v) is 11.0. The van der Waals surface area contributed by atoms with E-state index in [1.165, 1.54) is 17.3 Å². The summed E-state index contributed by atoms with van der Waals surface area (Å²) in [6, 6.07) is 17.8. The summed E-state index contributed by atoms with van der Waals surface area (Å²) in [6.07, 6.45) is 1.80. The average molecular weight is 433 g/mol. The molecule has 0 unspecified atom stereocenters. The molecule has 2 aromatic carbocycles. The number of ether oxygens (including phenoxy) is 1. The van der Waals surface area contributed by atoms with Crippen molar-refractivity contribution in [2.45, 2.75) is 30.3 Å². The van der Waals surface area contributed by atoms with Crippen LogP contribution in [0.25, 0.3) is 0 Å². The topological polar surface area (TPSA) is 58.6 Å². The minimum Gasteiger partial charge on any atom is -0.455 e. The van der Waals surface area contributed by atoms with Gasteiger partial charge >= 0.3 is 5.97 Å². The van der Waals surface area contributed by atoms with E-state index in [1.54, 1.807) is 12.1 Å². The molecule has 1 fully saturated rings. The number of benzene rings is 2. The van der Waals surface area contributed by atoms with E-state index in [2.05, 4.69) is 34.5 Å². The van der Waals surface area contributed by atoms with Crippen LogP contribution in [0, 0.1) is 0 Å². The molecule has 2 aromatic rings. The Morgan fingerprint density at radius 1 is 1.07 bits per heavy atom. The Morgan fingerprint density at radius 2 is 1.76 bits per heavy atom. The van der Waals surface area contributed by atoms with Crippen molar-refractivity contribution in [1.82, 2.24) is 10.2 Å². The van der Waals surface area contributed by atoms with Gasteiger partial charge in [0.25, 0.3) is 5.91 Å². The Labute approximate surface area is 180 Å². The van der Waals surface area contributed by atoms with Crippen LogP contribution in [-0.2, 0) is 20.9 Å². The zero-order valence-corrected chi connectivity index (χ0v) is 17.8. The molecule has 7 heteroatoms. The number of thioether (sulfide) groups is 1. The van der Waals surface area contributed by atoms with Crippen molar-refractivity contribution in [2.75, 3.05) is 25.4 Å². The lowest BCUT2D eigenvalue weighted by atomic mass is 10.0. The molecule has 1 amide bonds. The second-order valence-corrected chi connectivity index (χ2v) is 8.49. The first kappa shape index (κ1) is 21.7. The van der Waals surface area contributed by atoms with Gasteiger partial charge < -0.3 is 10.1 Å². The van der Waals surface area contributed by atoms with Gasteiger partial charge in [-0.2, -0.15) is 0 Å². The van der Waals surface area contributed by atoms with Crippen LogP contribution < -0.4 is 5.32 Å². The van der Waals surface area contributed by atoms with E-state index >= 15 is 0 Å². The first-order valence-electron chi connectivity index (χ1n) is 9.68. The first-order chi connectivity index (χ1) is 14.1. The highest BCUT2D eigenvalue weighted by molar-refractivity contribution is 8.00. The zero-order valence-electron chi connectivity index (χ0n) is 16.2. The molecule has 0 saturated carbocycles. The van der Waals surface area contributed by atoms with Crippen LogP contribution >= 0.6 is 23.4 Å². The fourth-order valence-corrected chi connectivity index (χ4v) is 4.03. The molecule has 154 valence electrons. The summed E-state index contributed by atoms with van der Waals surface area (Å²) >= 11 is 7.19. The summed E-state index contributed by atoms with van der Waals surface area (Å²) in [7, 11) is 0. The Hall–Kier alpha value is -2.02. The molecule has 0 atom stereocenters. The molecular weight excluding hydrogens is 408 g/mol. The predicted octanol–water partition coefficient (Wildman–Crippen LogP) is 3.76. The van der Waals surface area contributed by atoms with E-state index in [0.717, 1.165) is 37.4 Å². The van der Waals surface area contributed by atoms with E-state index in [4.69, 9.17) is 16.3 Å². The highest BCUT2D eigenvalue weighted by atomic mass is 35.5. The minimum absolute atomic E-state index is 0.136. The quantitative estimate of drug-likeness (QED) is 0.508. The predicted molar refractivity (Wildman–Crippen MR) is 116 cm³/mol.